The molecule has 0 radical (unpaired) electrons. The van der Waals surface area contributed by atoms with Crippen LogP contribution in [0.25, 0.3) is 0 Å². The molecule has 0 aromatic heterocycles. The van der Waals surface area contributed by atoms with Crippen molar-refractivity contribution in [2.24, 2.45) is 0 Å². The number of amides is 1. The van der Waals surface area contributed by atoms with E-state index in [4.69, 9.17) is 11.6 Å². The second kappa shape index (κ2) is 5.88. The van der Waals surface area contributed by atoms with Crippen molar-refractivity contribution in [3.8, 4) is 0 Å². The molecule has 1 N–H and O–H groups in total. The zero-order valence-electron chi connectivity index (χ0n) is 10.9. The molecule has 0 atom stereocenters. The number of rotatable bonds is 3. The van der Waals surface area contributed by atoms with Gasteiger partial charge in [0.15, 0.2) is 0 Å². The molecule has 7 heteroatoms. The van der Waals surface area contributed by atoms with Crippen molar-refractivity contribution in [2.75, 3.05) is 5.32 Å². The summed E-state index contributed by atoms with van der Waals surface area (Å²) in [6.07, 6.45) is 0. The molecule has 0 heterocycles. The van der Waals surface area contributed by atoms with E-state index in [2.05, 4.69) is 5.32 Å². The van der Waals surface area contributed by atoms with Gasteiger partial charge in [-0.05, 0) is 37.3 Å². The van der Waals surface area contributed by atoms with Gasteiger partial charge in [-0.15, -0.1) is 0 Å². The van der Waals surface area contributed by atoms with Gasteiger partial charge in [-0.25, -0.2) is 4.39 Å². The Morgan fingerprint density at radius 2 is 2.00 bits per heavy atom. The first-order chi connectivity index (χ1) is 9.88. The molecule has 5 nitrogen and oxygen atoms in total. The van der Waals surface area contributed by atoms with Crippen LogP contribution in [0.4, 0.5) is 15.8 Å². The molecule has 0 aliphatic carbocycles. The van der Waals surface area contributed by atoms with Crippen molar-refractivity contribution >= 4 is 28.9 Å². The van der Waals surface area contributed by atoms with Crippen molar-refractivity contribution in [1.29, 1.82) is 0 Å². The summed E-state index contributed by atoms with van der Waals surface area (Å²) in [5.41, 5.74) is 0.403. The fourth-order valence-electron chi connectivity index (χ4n) is 1.79. The maximum Gasteiger partial charge on any atom is 0.272 e. The molecule has 0 aliphatic heterocycles. The molecular formula is C14H10ClFN2O3. The predicted molar refractivity (Wildman–Crippen MR) is 77.2 cm³/mol. The van der Waals surface area contributed by atoms with Gasteiger partial charge in [0.25, 0.3) is 11.6 Å². The van der Waals surface area contributed by atoms with Gasteiger partial charge in [-0.3, -0.25) is 14.9 Å². The van der Waals surface area contributed by atoms with Crippen LogP contribution in [0.1, 0.15) is 15.9 Å². The number of nitro benzene ring substituents is 1. The molecule has 0 unspecified atom stereocenters. The van der Waals surface area contributed by atoms with E-state index in [1.54, 1.807) is 0 Å². The number of nitro groups is 1. The summed E-state index contributed by atoms with van der Waals surface area (Å²) < 4.78 is 13.5. The van der Waals surface area contributed by atoms with Crippen LogP contribution in [-0.4, -0.2) is 10.8 Å². The lowest BCUT2D eigenvalue weighted by Gasteiger charge is -2.07. The third kappa shape index (κ3) is 3.35. The number of nitrogens with one attached hydrogen (secondary N) is 1. The van der Waals surface area contributed by atoms with Gasteiger partial charge in [0, 0.05) is 22.2 Å². The first-order valence-corrected chi connectivity index (χ1v) is 6.27. The Morgan fingerprint density at radius 3 is 2.62 bits per heavy atom. The molecule has 0 fully saturated rings. The van der Waals surface area contributed by atoms with E-state index in [9.17, 15) is 19.3 Å². The highest BCUT2D eigenvalue weighted by Gasteiger charge is 2.15. The topological polar surface area (TPSA) is 72.2 Å². The maximum absolute atomic E-state index is 13.5. The SMILES string of the molecule is Cc1cc(C(=O)Nc2cc(Cl)ccc2F)ccc1[N+](=O)[O-]. The quantitative estimate of drug-likeness (QED) is 0.689. The number of nitrogens with zero attached hydrogens (tertiary/aromatic N) is 1. The minimum absolute atomic E-state index is 0.0523. The Balaban J connectivity index is 2.26. The van der Waals surface area contributed by atoms with Gasteiger partial charge < -0.3 is 5.32 Å². The fourth-order valence-corrected chi connectivity index (χ4v) is 1.96. The molecule has 21 heavy (non-hydrogen) atoms. The highest BCUT2D eigenvalue weighted by Crippen LogP contribution is 2.22. The molecule has 2 aromatic carbocycles. The monoisotopic (exact) mass is 308 g/mol. The van der Waals surface area contributed by atoms with Gasteiger partial charge in [-0.1, -0.05) is 11.6 Å². The average molecular weight is 309 g/mol. The Hall–Kier alpha value is -2.47. The van der Waals surface area contributed by atoms with Crippen molar-refractivity contribution < 1.29 is 14.1 Å². The van der Waals surface area contributed by atoms with Crippen molar-refractivity contribution in [3.05, 3.63) is 68.5 Å². The Bertz CT molecular complexity index is 734. The second-order valence-corrected chi connectivity index (χ2v) is 4.77. The number of hydrogen-bond acceptors (Lipinski definition) is 3. The lowest BCUT2D eigenvalue weighted by Crippen LogP contribution is -2.13. The van der Waals surface area contributed by atoms with Gasteiger partial charge >= 0.3 is 0 Å². The maximum atomic E-state index is 13.5. The van der Waals surface area contributed by atoms with Crippen LogP contribution in [0.3, 0.4) is 0 Å². The largest absolute Gasteiger partial charge is 0.319 e. The molecule has 0 bridgehead atoms. The second-order valence-electron chi connectivity index (χ2n) is 4.34. The Labute approximate surface area is 124 Å². The highest BCUT2D eigenvalue weighted by atomic mass is 35.5. The van der Waals surface area contributed by atoms with Crippen molar-refractivity contribution in [1.82, 2.24) is 0 Å². The normalized spacial score (nSPS) is 10.2. The number of hydrogen-bond donors (Lipinski definition) is 1. The summed E-state index contributed by atoms with van der Waals surface area (Å²) in [5.74, 6) is -1.19. The number of halogens is 2. The first-order valence-electron chi connectivity index (χ1n) is 5.90. The van der Waals surface area contributed by atoms with E-state index in [1.807, 2.05) is 0 Å². The summed E-state index contributed by atoms with van der Waals surface area (Å²) in [7, 11) is 0. The Morgan fingerprint density at radius 1 is 1.29 bits per heavy atom. The molecule has 0 saturated carbocycles. The third-order valence-electron chi connectivity index (χ3n) is 2.83. The lowest BCUT2D eigenvalue weighted by atomic mass is 10.1. The zero-order chi connectivity index (χ0) is 15.6. The predicted octanol–water partition coefficient (Wildman–Crippen LogP) is 3.95. The average Bonchev–Trinajstić information content (AvgIpc) is 2.42. The number of carbonyl (C=O) groups is 1. The standard InChI is InChI=1S/C14H10ClFN2O3/c1-8-6-9(2-5-13(8)18(20)21)14(19)17-12-7-10(15)3-4-11(12)16/h2-7H,1H3,(H,17,19). The first kappa shape index (κ1) is 14.9. The van der Waals surface area contributed by atoms with Gasteiger partial charge in [0.1, 0.15) is 5.82 Å². The molecule has 0 saturated heterocycles. The fraction of sp³-hybridized carbons (Fsp3) is 0.0714. The van der Waals surface area contributed by atoms with Crippen LogP contribution in [-0.2, 0) is 0 Å². The number of carbonyl (C=O) groups excluding carboxylic acids is 1. The molecule has 2 aromatic rings. The van der Waals surface area contributed by atoms with Gasteiger partial charge in [-0.2, -0.15) is 0 Å². The van der Waals surface area contributed by atoms with E-state index < -0.39 is 16.6 Å². The minimum Gasteiger partial charge on any atom is -0.319 e. The number of anilines is 1. The molecule has 2 rings (SSSR count). The number of aryl methyl sites for hydroxylation is 1. The van der Waals surface area contributed by atoms with E-state index in [0.717, 1.165) is 6.07 Å². The number of benzene rings is 2. The highest BCUT2D eigenvalue weighted by molar-refractivity contribution is 6.31. The summed E-state index contributed by atoms with van der Waals surface area (Å²) in [6, 6.07) is 7.70. The minimum atomic E-state index is -0.619. The smallest absolute Gasteiger partial charge is 0.272 e. The van der Waals surface area contributed by atoms with Crippen LogP contribution in [0.5, 0.6) is 0 Å². The summed E-state index contributed by atoms with van der Waals surface area (Å²) in [6.45, 7) is 1.52. The third-order valence-corrected chi connectivity index (χ3v) is 3.07. The summed E-state index contributed by atoms with van der Waals surface area (Å²) >= 11 is 5.73. The molecule has 1 amide bonds. The molecule has 0 spiro atoms. The van der Waals surface area contributed by atoms with E-state index >= 15 is 0 Å². The molecular weight excluding hydrogens is 299 g/mol. The van der Waals surface area contributed by atoms with Crippen LogP contribution in [0.15, 0.2) is 36.4 Å². The van der Waals surface area contributed by atoms with E-state index in [1.165, 1.54) is 37.3 Å². The lowest BCUT2D eigenvalue weighted by molar-refractivity contribution is -0.385. The van der Waals surface area contributed by atoms with Gasteiger partial charge in [0.05, 0.1) is 10.6 Å². The zero-order valence-corrected chi connectivity index (χ0v) is 11.6. The Kier molecular flexibility index (Phi) is 4.18. The van der Waals surface area contributed by atoms with Crippen LogP contribution in [0, 0.1) is 22.9 Å². The summed E-state index contributed by atoms with van der Waals surface area (Å²) in [5, 5.41) is 13.4. The van der Waals surface area contributed by atoms with Crippen LogP contribution in [0.2, 0.25) is 5.02 Å². The van der Waals surface area contributed by atoms with Crippen LogP contribution >= 0.6 is 11.6 Å². The van der Waals surface area contributed by atoms with E-state index in [0.29, 0.717) is 5.56 Å². The molecule has 0 aliphatic rings. The van der Waals surface area contributed by atoms with Crippen LogP contribution < -0.4 is 5.32 Å². The molecule has 108 valence electrons. The van der Waals surface area contributed by atoms with Crippen molar-refractivity contribution in [3.63, 3.8) is 0 Å². The summed E-state index contributed by atoms with van der Waals surface area (Å²) in [4.78, 5) is 22.2. The van der Waals surface area contributed by atoms with E-state index in [-0.39, 0.29) is 22.0 Å². The van der Waals surface area contributed by atoms with Gasteiger partial charge in [0.2, 0.25) is 0 Å². The van der Waals surface area contributed by atoms with Crippen molar-refractivity contribution in [2.45, 2.75) is 6.92 Å².